The number of benzene rings is 1. The number of nitrogens with one attached hydrogen (secondary N) is 1. The predicted octanol–water partition coefficient (Wildman–Crippen LogP) is 3.67. The highest BCUT2D eigenvalue weighted by molar-refractivity contribution is 9.10. The first-order valence-corrected chi connectivity index (χ1v) is 8.64. The average molecular weight is 355 g/mol. The fourth-order valence-electron chi connectivity index (χ4n) is 2.85. The number of piperazine rings is 1. The number of hydrogen-bond acceptors (Lipinski definition) is 3. The van der Waals surface area contributed by atoms with Crippen LogP contribution in [0.25, 0.3) is 0 Å². The Balaban J connectivity index is 2.09. The molecule has 0 saturated carbocycles. The van der Waals surface area contributed by atoms with Crippen LogP contribution in [0, 0.1) is 5.92 Å². The van der Waals surface area contributed by atoms with Crippen molar-refractivity contribution in [2.45, 2.75) is 45.8 Å². The monoisotopic (exact) mass is 354 g/mol. The molecule has 1 N–H and O–H groups in total. The molecule has 0 spiro atoms. The normalized spacial score (nSPS) is 24.8. The van der Waals surface area contributed by atoms with Gasteiger partial charge in [0.25, 0.3) is 0 Å². The molecule has 2 rings (SSSR count). The summed E-state index contributed by atoms with van der Waals surface area (Å²) < 4.78 is 6.51. The molecule has 21 heavy (non-hydrogen) atoms. The van der Waals surface area contributed by atoms with Gasteiger partial charge in [-0.25, -0.2) is 0 Å². The molecule has 0 amide bonds. The summed E-state index contributed by atoms with van der Waals surface area (Å²) in [6.07, 6.45) is 1.22. The number of rotatable bonds is 5. The molecule has 4 heteroatoms. The molecule has 1 heterocycles. The maximum atomic E-state index is 5.35. The maximum absolute atomic E-state index is 5.35. The van der Waals surface area contributed by atoms with Crippen LogP contribution in [0.15, 0.2) is 22.7 Å². The standard InChI is InChI=1S/C17H27BrN2O/c1-5-12(2)17-11-20(13(3)9-19-17)10-14-8-15(21-4)6-7-16(14)18/h6-8,12-13,17,19H,5,9-11H2,1-4H3. The summed E-state index contributed by atoms with van der Waals surface area (Å²) in [5.74, 6) is 1.64. The lowest BCUT2D eigenvalue weighted by molar-refractivity contribution is 0.111. The van der Waals surface area contributed by atoms with Gasteiger partial charge in [0.05, 0.1) is 7.11 Å². The van der Waals surface area contributed by atoms with E-state index in [1.54, 1.807) is 7.11 Å². The molecule has 1 aromatic rings. The van der Waals surface area contributed by atoms with E-state index in [-0.39, 0.29) is 0 Å². The second-order valence-electron chi connectivity index (χ2n) is 6.14. The first-order valence-electron chi connectivity index (χ1n) is 7.85. The Kier molecular flexibility index (Phi) is 6.08. The van der Waals surface area contributed by atoms with Gasteiger partial charge in [-0.2, -0.15) is 0 Å². The number of nitrogens with zero attached hydrogens (tertiary/aromatic N) is 1. The molecule has 3 atom stereocenters. The minimum absolute atomic E-state index is 0.559. The molecule has 3 unspecified atom stereocenters. The highest BCUT2D eigenvalue weighted by Gasteiger charge is 2.27. The van der Waals surface area contributed by atoms with Gasteiger partial charge in [0, 0.05) is 36.2 Å². The van der Waals surface area contributed by atoms with Crippen molar-refractivity contribution in [3.8, 4) is 5.75 Å². The minimum atomic E-state index is 0.559. The maximum Gasteiger partial charge on any atom is 0.119 e. The third-order valence-corrected chi connectivity index (χ3v) is 5.46. The van der Waals surface area contributed by atoms with Crippen LogP contribution >= 0.6 is 15.9 Å². The Bertz CT molecular complexity index is 466. The summed E-state index contributed by atoms with van der Waals surface area (Å²) in [7, 11) is 1.72. The van der Waals surface area contributed by atoms with Gasteiger partial charge in [-0.1, -0.05) is 36.2 Å². The zero-order valence-corrected chi connectivity index (χ0v) is 15.1. The van der Waals surface area contributed by atoms with Gasteiger partial charge in [0.2, 0.25) is 0 Å². The molecule has 118 valence electrons. The lowest BCUT2D eigenvalue weighted by Crippen LogP contribution is -2.56. The SMILES string of the molecule is CCC(C)C1CN(Cc2cc(OC)ccc2Br)C(C)CN1. The Hall–Kier alpha value is -0.580. The second-order valence-corrected chi connectivity index (χ2v) is 6.99. The summed E-state index contributed by atoms with van der Waals surface area (Å²) in [5, 5.41) is 3.69. The first kappa shape index (κ1) is 16.8. The summed E-state index contributed by atoms with van der Waals surface area (Å²) >= 11 is 3.67. The highest BCUT2D eigenvalue weighted by atomic mass is 79.9. The molecule has 1 aliphatic heterocycles. The lowest BCUT2D eigenvalue weighted by Gasteiger charge is -2.41. The number of hydrogen-bond donors (Lipinski definition) is 1. The molecule has 0 aliphatic carbocycles. The van der Waals surface area contributed by atoms with E-state index in [1.807, 2.05) is 6.07 Å². The van der Waals surface area contributed by atoms with E-state index in [4.69, 9.17) is 4.74 Å². The highest BCUT2D eigenvalue weighted by Crippen LogP contribution is 2.26. The molecule has 1 saturated heterocycles. The quantitative estimate of drug-likeness (QED) is 0.872. The van der Waals surface area contributed by atoms with Crippen LogP contribution in [-0.4, -0.2) is 37.2 Å². The van der Waals surface area contributed by atoms with Gasteiger partial charge in [0.15, 0.2) is 0 Å². The van der Waals surface area contributed by atoms with Crippen LogP contribution in [0.4, 0.5) is 0 Å². The van der Waals surface area contributed by atoms with Crippen LogP contribution in [0.1, 0.15) is 32.8 Å². The largest absolute Gasteiger partial charge is 0.497 e. The average Bonchev–Trinajstić information content (AvgIpc) is 2.50. The van der Waals surface area contributed by atoms with Crippen molar-refractivity contribution >= 4 is 15.9 Å². The van der Waals surface area contributed by atoms with E-state index in [2.05, 4.69) is 59.1 Å². The van der Waals surface area contributed by atoms with Crippen molar-refractivity contribution < 1.29 is 4.74 Å². The molecule has 1 aliphatic rings. The van der Waals surface area contributed by atoms with Gasteiger partial charge < -0.3 is 10.1 Å². The topological polar surface area (TPSA) is 24.5 Å². The van der Waals surface area contributed by atoms with E-state index in [0.717, 1.165) is 29.9 Å². The zero-order valence-electron chi connectivity index (χ0n) is 13.5. The first-order chi connectivity index (χ1) is 10.0. The summed E-state index contributed by atoms with van der Waals surface area (Å²) in [6.45, 7) is 10.1. The molecule has 1 fully saturated rings. The Labute approximate surface area is 137 Å². The lowest BCUT2D eigenvalue weighted by atomic mass is 9.95. The van der Waals surface area contributed by atoms with Crippen molar-refractivity contribution in [2.24, 2.45) is 5.92 Å². The van der Waals surface area contributed by atoms with E-state index in [1.165, 1.54) is 12.0 Å². The van der Waals surface area contributed by atoms with Crippen molar-refractivity contribution in [1.82, 2.24) is 10.2 Å². The second kappa shape index (κ2) is 7.61. The molecule has 0 aromatic heterocycles. The Morgan fingerprint density at radius 1 is 1.48 bits per heavy atom. The molecule has 0 bridgehead atoms. The summed E-state index contributed by atoms with van der Waals surface area (Å²) in [6, 6.07) is 7.36. The van der Waals surface area contributed by atoms with Crippen LogP contribution in [-0.2, 0) is 6.54 Å². The number of halogens is 1. The number of ether oxygens (including phenoxy) is 1. The zero-order chi connectivity index (χ0) is 15.4. The molecular weight excluding hydrogens is 328 g/mol. The van der Waals surface area contributed by atoms with Gasteiger partial charge in [-0.3, -0.25) is 4.90 Å². The third kappa shape index (κ3) is 4.21. The fourth-order valence-corrected chi connectivity index (χ4v) is 3.22. The van der Waals surface area contributed by atoms with Crippen molar-refractivity contribution in [2.75, 3.05) is 20.2 Å². The summed E-state index contributed by atoms with van der Waals surface area (Å²) in [4.78, 5) is 2.58. The van der Waals surface area contributed by atoms with Crippen molar-refractivity contribution in [1.29, 1.82) is 0 Å². The Morgan fingerprint density at radius 3 is 2.90 bits per heavy atom. The van der Waals surface area contributed by atoms with Crippen LogP contribution in [0.5, 0.6) is 5.75 Å². The van der Waals surface area contributed by atoms with Gasteiger partial charge in [-0.15, -0.1) is 0 Å². The van der Waals surface area contributed by atoms with E-state index in [9.17, 15) is 0 Å². The fraction of sp³-hybridized carbons (Fsp3) is 0.647. The van der Waals surface area contributed by atoms with Crippen LogP contribution in [0.2, 0.25) is 0 Å². The molecule has 1 aromatic carbocycles. The summed E-state index contributed by atoms with van der Waals surface area (Å²) in [5.41, 5.74) is 1.30. The third-order valence-electron chi connectivity index (χ3n) is 4.69. The molecule has 3 nitrogen and oxygen atoms in total. The van der Waals surface area contributed by atoms with Gasteiger partial charge in [-0.05, 0) is 36.6 Å². The number of methoxy groups -OCH3 is 1. The van der Waals surface area contributed by atoms with Crippen molar-refractivity contribution in [3.63, 3.8) is 0 Å². The van der Waals surface area contributed by atoms with Gasteiger partial charge >= 0.3 is 0 Å². The minimum Gasteiger partial charge on any atom is -0.497 e. The van der Waals surface area contributed by atoms with Crippen LogP contribution < -0.4 is 10.1 Å². The smallest absolute Gasteiger partial charge is 0.119 e. The molecule has 0 radical (unpaired) electrons. The molecular formula is C17H27BrN2O. The van der Waals surface area contributed by atoms with Gasteiger partial charge in [0.1, 0.15) is 5.75 Å². The van der Waals surface area contributed by atoms with E-state index in [0.29, 0.717) is 18.0 Å². The van der Waals surface area contributed by atoms with Crippen LogP contribution in [0.3, 0.4) is 0 Å². The van der Waals surface area contributed by atoms with E-state index >= 15 is 0 Å². The Morgan fingerprint density at radius 2 is 2.24 bits per heavy atom. The van der Waals surface area contributed by atoms with E-state index < -0.39 is 0 Å². The predicted molar refractivity (Wildman–Crippen MR) is 91.8 cm³/mol. The van der Waals surface area contributed by atoms with Crippen molar-refractivity contribution in [3.05, 3.63) is 28.2 Å².